The number of hydrogen-bond acceptors (Lipinski definition) is 7. The van der Waals surface area contributed by atoms with Crippen molar-refractivity contribution in [1.29, 1.82) is 0 Å². The number of ether oxygens (including phenoxy) is 2. The summed E-state index contributed by atoms with van der Waals surface area (Å²) in [6.45, 7) is 3.43. The Labute approximate surface area is 187 Å². The molecule has 1 atom stereocenters. The molecule has 0 saturated heterocycles. The van der Waals surface area contributed by atoms with Crippen LogP contribution in [-0.4, -0.2) is 54.9 Å². The predicted molar refractivity (Wildman–Crippen MR) is 101 cm³/mol. The van der Waals surface area contributed by atoms with Crippen molar-refractivity contribution in [3.63, 3.8) is 0 Å². The van der Waals surface area contributed by atoms with E-state index in [1.165, 1.54) is 0 Å². The first-order valence-electron chi connectivity index (χ1n) is 9.20. The Morgan fingerprint density at radius 1 is 0.971 bits per heavy atom. The topological polar surface area (TPSA) is 116 Å². The second kappa shape index (κ2) is 11.4. The van der Waals surface area contributed by atoms with E-state index in [0.717, 1.165) is 30.3 Å². The van der Waals surface area contributed by atoms with E-state index in [-0.39, 0.29) is 18.9 Å². The highest BCUT2D eigenvalue weighted by Crippen LogP contribution is 2.33. The molecule has 1 amide bonds. The van der Waals surface area contributed by atoms with Gasteiger partial charge >= 0.3 is 24.4 Å². The van der Waals surface area contributed by atoms with Gasteiger partial charge in [-0.3, -0.25) is 14.4 Å². The number of carbonyl (C=O) groups excluding carboxylic acids is 5. The van der Waals surface area contributed by atoms with Gasteiger partial charge in [-0.05, 0) is 24.3 Å². The molecule has 0 aromatic heterocycles. The standard InChI is InChI=1S/C20H17F6NO7/c1-3-13(28)33-9-8-27-18(32)34-12-6-4-11(5-7-12)15(29)10(2)14(16(30)19(21,22)23)17(31)20(24,25)26/h3-7,10,14H,1,8-9H2,2H3,(H,27,32). The fraction of sp³-hybridized carbons (Fsp3) is 0.350. The quantitative estimate of drug-likeness (QED) is 0.132. The molecule has 0 aliphatic carbocycles. The Morgan fingerprint density at radius 3 is 1.91 bits per heavy atom. The van der Waals surface area contributed by atoms with Crippen LogP contribution in [0, 0.1) is 11.8 Å². The summed E-state index contributed by atoms with van der Waals surface area (Å²) in [4.78, 5) is 57.8. The van der Waals surface area contributed by atoms with Crippen LogP contribution in [0.3, 0.4) is 0 Å². The van der Waals surface area contributed by atoms with Gasteiger partial charge in [0.1, 0.15) is 18.3 Å². The van der Waals surface area contributed by atoms with Crippen molar-refractivity contribution in [2.75, 3.05) is 13.2 Å². The smallest absolute Gasteiger partial charge is 0.450 e. The minimum absolute atomic E-state index is 0.131. The lowest BCUT2D eigenvalue weighted by molar-refractivity contribution is -0.191. The number of rotatable bonds is 10. The van der Waals surface area contributed by atoms with Crippen LogP contribution in [0.25, 0.3) is 0 Å². The molecule has 0 heterocycles. The van der Waals surface area contributed by atoms with Crippen LogP contribution in [0.15, 0.2) is 36.9 Å². The molecule has 0 radical (unpaired) electrons. The van der Waals surface area contributed by atoms with Crippen molar-refractivity contribution in [1.82, 2.24) is 5.32 Å². The third kappa shape index (κ3) is 8.01. The SMILES string of the molecule is C=CC(=O)OCCNC(=O)Oc1ccc(C(=O)C(C)C(C(=O)C(F)(F)F)C(=O)C(F)(F)F)cc1. The van der Waals surface area contributed by atoms with Crippen molar-refractivity contribution in [2.45, 2.75) is 19.3 Å². The van der Waals surface area contributed by atoms with Crippen LogP contribution in [0.5, 0.6) is 5.75 Å². The minimum Gasteiger partial charge on any atom is -0.461 e. The highest BCUT2D eigenvalue weighted by atomic mass is 19.4. The first-order valence-corrected chi connectivity index (χ1v) is 9.20. The van der Waals surface area contributed by atoms with E-state index in [9.17, 15) is 50.3 Å². The first-order chi connectivity index (χ1) is 15.6. The molecule has 1 aromatic rings. The maximum absolute atomic E-state index is 12.8. The van der Waals surface area contributed by atoms with Crippen molar-refractivity contribution in [2.24, 2.45) is 11.8 Å². The molecule has 0 bridgehead atoms. The van der Waals surface area contributed by atoms with Crippen LogP contribution >= 0.6 is 0 Å². The molecule has 0 aliphatic heterocycles. The number of halogens is 6. The van der Waals surface area contributed by atoms with Gasteiger partial charge in [-0.25, -0.2) is 9.59 Å². The molecule has 1 aromatic carbocycles. The van der Waals surface area contributed by atoms with Crippen molar-refractivity contribution in [3.8, 4) is 5.75 Å². The maximum atomic E-state index is 12.8. The minimum atomic E-state index is -5.78. The number of hydrogen-bond donors (Lipinski definition) is 1. The molecular weight excluding hydrogens is 480 g/mol. The molecule has 14 heteroatoms. The van der Waals surface area contributed by atoms with E-state index >= 15 is 0 Å². The van der Waals surface area contributed by atoms with E-state index in [2.05, 4.69) is 16.6 Å². The van der Waals surface area contributed by atoms with Gasteiger partial charge in [-0.15, -0.1) is 0 Å². The Kier molecular flexibility index (Phi) is 9.52. The molecule has 8 nitrogen and oxygen atoms in total. The zero-order valence-electron chi connectivity index (χ0n) is 17.3. The third-order valence-electron chi connectivity index (χ3n) is 4.17. The fourth-order valence-electron chi connectivity index (χ4n) is 2.53. The molecule has 0 fully saturated rings. The Bertz CT molecular complexity index is 928. The van der Waals surface area contributed by atoms with E-state index < -0.39 is 59.2 Å². The van der Waals surface area contributed by atoms with E-state index in [4.69, 9.17) is 4.74 Å². The van der Waals surface area contributed by atoms with E-state index in [1.807, 2.05) is 0 Å². The zero-order chi connectivity index (χ0) is 26.3. The Morgan fingerprint density at radius 2 is 1.47 bits per heavy atom. The second-order valence-corrected chi connectivity index (χ2v) is 6.57. The van der Waals surface area contributed by atoms with Gasteiger partial charge in [0, 0.05) is 17.6 Å². The number of Topliss-reactive ketones (excluding diaryl/α,β-unsaturated/α-hetero) is 3. The molecule has 1 rings (SSSR count). The van der Waals surface area contributed by atoms with Crippen LogP contribution in [0.4, 0.5) is 31.1 Å². The number of nitrogens with one attached hydrogen (secondary N) is 1. The van der Waals surface area contributed by atoms with E-state index in [0.29, 0.717) is 6.92 Å². The van der Waals surface area contributed by atoms with Gasteiger partial charge in [0.05, 0.1) is 6.54 Å². The first kappa shape index (κ1) is 28.3. The fourth-order valence-corrected chi connectivity index (χ4v) is 2.53. The number of ketones is 3. The summed E-state index contributed by atoms with van der Waals surface area (Å²) in [5.74, 6) is -13.8. The molecule has 0 saturated carbocycles. The number of alkyl halides is 6. The summed E-state index contributed by atoms with van der Waals surface area (Å²) < 4.78 is 85.9. The summed E-state index contributed by atoms with van der Waals surface area (Å²) >= 11 is 0. The molecule has 1 N–H and O–H groups in total. The van der Waals surface area contributed by atoms with Crippen LogP contribution in [0.1, 0.15) is 17.3 Å². The highest BCUT2D eigenvalue weighted by Gasteiger charge is 2.56. The average Bonchev–Trinajstić information content (AvgIpc) is 2.75. The van der Waals surface area contributed by atoms with Gasteiger partial charge in [0.2, 0.25) is 11.6 Å². The second-order valence-electron chi connectivity index (χ2n) is 6.57. The van der Waals surface area contributed by atoms with Crippen LogP contribution < -0.4 is 10.1 Å². The third-order valence-corrected chi connectivity index (χ3v) is 4.17. The number of amides is 1. The molecule has 0 spiro atoms. The van der Waals surface area contributed by atoms with Gasteiger partial charge in [-0.2, -0.15) is 26.3 Å². The normalized spacial score (nSPS) is 12.5. The largest absolute Gasteiger partial charge is 0.461 e. The number of esters is 1. The summed E-state index contributed by atoms with van der Waals surface area (Å²) in [5.41, 5.74) is -0.438. The Hall–Kier alpha value is -3.71. The lowest BCUT2D eigenvalue weighted by Crippen LogP contribution is -2.46. The zero-order valence-corrected chi connectivity index (χ0v) is 17.3. The molecule has 0 aliphatic rings. The highest BCUT2D eigenvalue weighted by molar-refractivity contribution is 6.12. The summed E-state index contributed by atoms with van der Waals surface area (Å²) in [6, 6.07) is 3.84. The molecule has 1 unspecified atom stereocenters. The number of benzene rings is 1. The van der Waals surface area contributed by atoms with Gasteiger partial charge in [-0.1, -0.05) is 13.5 Å². The average molecular weight is 497 g/mol. The molecular formula is C20H17F6NO7. The predicted octanol–water partition coefficient (Wildman–Crippen LogP) is 3.20. The maximum Gasteiger partial charge on any atom is 0.450 e. The van der Waals surface area contributed by atoms with Gasteiger partial charge in [0.15, 0.2) is 5.78 Å². The van der Waals surface area contributed by atoms with Gasteiger partial charge < -0.3 is 14.8 Å². The monoisotopic (exact) mass is 497 g/mol. The lowest BCUT2D eigenvalue weighted by Gasteiger charge is -2.22. The van der Waals surface area contributed by atoms with Crippen LogP contribution in [-0.2, 0) is 19.1 Å². The number of carbonyl (C=O) groups is 5. The van der Waals surface area contributed by atoms with Crippen molar-refractivity contribution >= 4 is 29.4 Å². The van der Waals surface area contributed by atoms with Crippen LogP contribution in [0.2, 0.25) is 0 Å². The molecule has 34 heavy (non-hydrogen) atoms. The summed E-state index contributed by atoms with van der Waals surface area (Å²) in [6.07, 6.45) is -11.7. The van der Waals surface area contributed by atoms with Crippen molar-refractivity contribution < 1.29 is 59.8 Å². The Balaban J connectivity index is 2.91. The summed E-state index contributed by atoms with van der Waals surface area (Å²) in [7, 11) is 0. The van der Waals surface area contributed by atoms with Crippen molar-refractivity contribution in [3.05, 3.63) is 42.5 Å². The molecule has 186 valence electrons. The van der Waals surface area contributed by atoms with Gasteiger partial charge in [0.25, 0.3) is 0 Å². The summed E-state index contributed by atoms with van der Waals surface area (Å²) in [5, 5.41) is 2.21. The van der Waals surface area contributed by atoms with E-state index in [1.54, 1.807) is 0 Å². The lowest BCUT2D eigenvalue weighted by atomic mass is 9.81.